The van der Waals surface area contributed by atoms with E-state index in [9.17, 15) is 9.90 Å². The van der Waals surface area contributed by atoms with E-state index in [4.69, 9.17) is 0 Å². The number of phenolic OH excluding ortho intramolecular Hbond substituents is 1. The Morgan fingerprint density at radius 1 is 1.25 bits per heavy atom. The molecule has 5 heteroatoms. The zero-order valence-electron chi connectivity index (χ0n) is 10.9. The molecule has 3 nitrogen and oxygen atoms in total. The molecule has 0 saturated carbocycles. The molecule has 0 atom stereocenters. The summed E-state index contributed by atoms with van der Waals surface area (Å²) >= 11 is 4.82. The second-order valence-corrected chi connectivity index (χ2v) is 6.28. The maximum absolute atomic E-state index is 11.8. The third kappa shape index (κ3) is 4.28. The monoisotopic (exact) mass is 351 g/mol. The lowest BCUT2D eigenvalue weighted by molar-refractivity contribution is -0.113. The fourth-order valence-corrected chi connectivity index (χ4v) is 2.58. The van der Waals surface area contributed by atoms with Crippen molar-refractivity contribution < 1.29 is 9.90 Å². The lowest BCUT2D eigenvalue weighted by Gasteiger charge is -2.08. The van der Waals surface area contributed by atoms with Crippen molar-refractivity contribution in [2.45, 2.75) is 11.8 Å². The van der Waals surface area contributed by atoms with Crippen molar-refractivity contribution in [2.75, 3.05) is 11.1 Å². The molecule has 2 aromatic carbocycles. The maximum Gasteiger partial charge on any atom is 0.234 e. The average molecular weight is 352 g/mol. The van der Waals surface area contributed by atoms with Gasteiger partial charge in [0.2, 0.25) is 5.91 Å². The molecule has 0 aliphatic rings. The Kier molecular flexibility index (Phi) is 5.09. The van der Waals surface area contributed by atoms with Crippen molar-refractivity contribution in [1.29, 1.82) is 0 Å². The highest BCUT2D eigenvalue weighted by atomic mass is 79.9. The zero-order chi connectivity index (χ0) is 14.5. The van der Waals surface area contributed by atoms with Gasteiger partial charge >= 0.3 is 0 Å². The number of carbonyl (C=O) groups excluding carboxylic acids is 1. The number of rotatable bonds is 4. The highest BCUT2D eigenvalue weighted by Gasteiger charge is 2.07. The van der Waals surface area contributed by atoms with Gasteiger partial charge in [0.15, 0.2) is 0 Å². The third-order valence-electron chi connectivity index (χ3n) is 2.61. The minimum atomic E-state index is -0.142. The number of benzene rings is 2. The Morgan fingerprint density at radius 2 is 1.95 bits per heavy atom. The van der Waals surface area contributed by atoms with E-state index in [1.807, 2.05) is 37.3 Å². The van der Waals surface area contributed by atoms with Gasteiger partial charge in [0, 0.05) is 9.37 Å². The first-order chi connectivity index (χ1) is 9.54. The molecule has 0 aliphatic carbocycles. The molecule has 2 rings (SSSR count). The van der Waals surface area contributed by atoms with E-state index in [1.165, 1.54) is 11.8 Å². The Bertz CT molecular complexity index is 614. The van der Waals surface area contributed by atoms with Crippen LogP contribution in [-0.4, -0.2) is 16.8 Å². The Labute approximate surface area is 130 Å². The van der Waals surface area contributed by atoms with Crippen LogP contribution in [0, 0.1) is 6.92 Å². The minimum absolute atomic E-state index is 0.0898. The molecular weight excluding hydrogens is 338 g/mol. The number of thioether (sulfide) groups is 1. The van der Waals surface area contributed by atoms with Crippen LogP contribution in [0.4, 0.5) is 5.69 Å². The van der Waals surface area contributed by atoms with Gasteiger partial charge in [-0.15, -0.1) is 11.8 Å². The lowest BCUT2D eigenvalue weighted by atomic mass is 10.2. The zero-order valence-corrected chi connectivity index (χ0v) is 13.3. The van der Waals surface area contributed by atoms with Crippen LogP contribution in [0.3, 0.4) is 0 Å². The number of hydrogen-bond acceptors (Lipinski definition) is 3. The Morgan fingerprint density at radius 3 is 2.60 bits per heavy atom. The van der Waals surface area contributed by atoms with Gasteiger partial charge in [-0.1, -0.05) is 22.0 Å². The van der Waals surface area contributed by atoms with E-state index in [1.54, 1.807) is 12.1 Å². The number of hydrogen-bond donors (Lipinski definition) is 2. The predicted octanol–water partition coefficient (Wildman–Crippen LogP) is 4.19. The highest BCUT2D eigenvalue weighted by Crippen LogP contribution is 2.25. The fourth-order valence-electron chi connectivity index (χ4n) is 1.61. The van der Waals surface area contributed by atoms with Crippen LogP contribution >= 0.6 is 27.7 Å². The largest absolute Gasteiger partial charge is 0.506 e. The molecule has 20 heavy (non-hydrogen) atoms. The van der Waals surface area contributed by atoms with Gasteiger partial charge in [-0.3, -0.25) is 4.79 Å². The number of carbonyl (C=O) groups is 1. The Balaban J connectivity index is 1.90. The van der Waals surface area contributed by atoms with E-state index >= 15 is 0 Å². The number of aryl methyl sites for hydroxylation is 1. The summed E-state index contributed by atoms with van der Waals surface area (Å²) in [6.45, 7) is 1.88. The van der Waals surface area contributed by atoms with Crippen LogP contribution in [0.5, 0.6) is 5.75 Å². The first kappa shape index (κ1) is 14.9. The molecule has 0 radical (unpaired) electrons. The van der Waals surface area contributed by atoms with Crippen LogP contribution in [0.2, 0.25) is 0 Å². The van der Waals surface area contributed by atoms with Crippen molar-refractivity contribution in [3.8, 4) is 5.75 Å². The standard InChI is InChI=1S/C15H14BrNO2S/c1-10-2-7-13(14(18)8-10)17-15(19)9-20-12-5-3-11(16)4-6-12/h2-8,18H,9H2,1H3,(H,17,19). The van der Waals surface area contributed by atoms with Crippen LogP contribution in [0.1, 0.15) is 5.56 Å². The molecule has 2 N–H and O–H groups in total. The second kappa shape index (κ2) is 6.81. The smallest absolute Gasteiger partial charge is 0.234 e. The van der Waals surface area contributed by atoms with Crippen LogP contribution in [0.25, 0.3) is 0 Å². The van der Waals surface area contributed by atoms with E-state index in [2.05, 4.69) is 21.2 Å². The summed E-state index contributed by atoms with van der Waals surface area (Å²) in [7, 11) is 0. The SMILES string of the molecule is Cc1ccc(NC(=O)CSc2ccc(Br)cc2)c(O)c1. The maximum atomic E-state index is 11.8. The van der Waals surface area contributed by atoms with Gasteiger partial charge in [0.1, 0.15) is 5.75 Å². The molecule has 104 valence electrons. The summed E-state index contributed by atoms with van der Waals surface area (Å²) < 4.78 is 1.01. The summed E-state index contributed by atoms with van der Waals surface area (Å²) in [5, 5.41) is 12.4. The van der Waals surface area contributed by atoms with Gasteiger partial charge in [-0.25, -0.2) is 0 Å². The molecule has 0 fully saturated rings. The normalized spacial score (nSPS) is 10.3. The quantitative estimate of drug-likeness (QED) is 0.641. The second-order valence-electron chi connectivity index (χ2n) is 4.31. The van der Waals surface area contributed by atoms with Crippen LogP contribution in [0.15, 0.2) is 51.8 Å². The molecule has 0 spiro atoms. The molecule has 0 bridgehead atoms. The first-order valence-electron chi connectivity index (χ1n) is 6.02. The van der Waals surface area contributed by atoms with Crippen molar-refractivity contribution in [3.05, 3.63) is 52.5 Å². The molecule has 1 amide bonds. The summed E-state index contributed by atoms with van der Waals surface area (Å²) in [6.07, 6.45) is 0. The number of halogens is 1. The van der Waals surface area contributed by atoms with E-state index < -0.39 is 0 Å². The van der Waals surface area contributed by atoms with Crippen molar-refractivity contribution in [1.82, 2.24) is 0 Å². The van der Waals surface area contributed by atoms with Gasteiger partial charge in [0.25, 0.3) is 0 Å². The highest BCUT2D eigenvalue weighted by molar-refractivity contribution is 9.10. The van der Waals surface area contributed by atoms with Crippen molar-refractivity contribution in [3.63, 3.8) is 0 Å². The topological polar surface area (TPSA) is 49.3 Å². The van der Waals surface area contributed by atoms with E-state index in [0.29, 0.717) is 11.4 Å². The number of anilines is 1. The summed E-state index contributed by atoms with van der Waals surface area (Å²) in [5.74, 6) is 0.249. The van der Waals surface area contributed by atoms with E-state index in [-0.39, 0.29) is 11.7 Å². The summed E-state index contributed by atoms with van der Waals surface area (Å²) in [6, 6.07) is 12.9. The number of nitrogens with one attached hydrogen (secondary N) is 1. The average Bonchev–Trinajstić information content (AvgIpc) is 2.41. The summed E-state index contributed by atoms with van der Waals surface area (Å²) in [5.41, 5.74) is 1.39. The van der Waals surface area contributed by atoms with E-state index in [0.717, 1.165) is 14.9 Å². The molecule has 0 heterocycles. The molecule has 0 saturated heterocycles. The minimum Gasteiger partial charge on any atom is -0.506 e. The van der Waals surface area contributed by atoms with Crippen LogP contribution < -0.4 is 5.32 Å². The fraction of sp³-hybridized carbons (Fsp3) is 0.133. The number of aromatic hydroxyl groups is 1. The van der Waals surface area contributed by atoms with Gasteiger partial charge in [-0.05, 0) is 48.9 Å². The van der Waals surface area contributed by atoms with Crippen LogP contribution in [-0.2, 0) is 4.79 Å². The molecule has 2 aromatic rings. The number of phenols is 1. The molecular formula is C15H14BrNO2S. The first-order valence-corrected chi connectivity index (χ1v) is 7.80. The van der Waals surface area contributed by atoms with Gasteiger partial charge < -0.3 is 10.4 Å². The van der Waals surface area contributed by atoms with Crippen molar-refractivity contribution in [2.24, 2.45) is 0 Å². The predicted molar refractivity (Wildman–Crippen MR) is 86.3 cm³/mol. The van der Waals surface area contributed by atoms with Crippen molar-refractivity contribution >= 4 is 39.3 Å². The van der Waals surface area contributed by atoms with Gasteiger partial charge in [-0.2, -0.15) is 0 Å². The number of amides is 1. The lowest BCUT2D eigenvalue weighted by Crippen LogP contribution is -2.14. The van der Waals surface area contributed by atoms with Gasteiger partial charge in [0.05, 0.1) is 11.4 Å². The summed E-state index contributed by atoms with van der Waals surface area (Å²) in [4.78, 5) is 12.9. The molecule has 0 aromatic heterocycles. The molecule has 0 unspecified atom stereocenters. The molecule has 0 aliphatic heterocycles. The third-order valence-corrected chi connectivity index (χ3v) is 4.15. The Hall–Kier alpha value is -1.46.